The van der Waals surface area contributed by atoms with Crippen molar-refractivity contribution in [2.24, 2.45) is 0 Å². The van der Waals surface area contributed by atoms with E-state index in [-0.39, 0.29) is 5.82 Å². The second kappa shape index (κ2) is 9.94. The molecule has 3 aromatic rings. The van der Waals surface area contributed by atoms with Crippen LogP contribution < -0.4 is 25.0 Å². The number of nitrogens with one attached hydrogen (secondary N) is 3. The van der Waals surface area contributed by atoms with Crippen molar-refractivity contribution in [3.8, 4) is 5.75 Å². The van der Waals surface area contributed by atoms with Crippen molar-refractivity contribution in [1.82, 2.24) is 10.3 Å². The van der Waals surface area contributed by atoms with E-state index in [1.54, 1.807) is 13.2 Å². The molecule has 0 saturated carbocycles. The molecule has 176 valence electrons. The summed E-state index contributed by atoms with van der Waals surface area (Å²) in [7, 11) is -0.510. The first-order valence-electron chi connectivity index (χ1n) is 10.5. The number of rotatable bonds is 8. The molecule has 1 aliphatic rings. The average Bonchev–Trinajstić information content (AvgIpc) is 3.31. The zero-order valence-electron chi connectivity index (χ0n) is 18.3. The molecule has 0 aliphatic carbocycles. The first kappa shape index (κ1) is 23.3. The number of piperidine rings is 1. The number of benzene rings is 2. The van der Waals surface area contributed by atoms with Crippen molar-refractivity contribution in [2.45, 2.75) is 23.8 Å². The Bertz CT molecular complexity index is 1200. The number of hydrogen-bond donors (Lipinski definition) is 3. The van der Waals surface area contributed by atoms with E-state index in [0.717, 1.165) is 43.1 Å². The molecule has 1 unspecified atom stereocenters. The zero-order chi connectivity index (χ0) is 23.4. The van der Waals surface area contributed by atoms with Crippen LogP contribution in [0.15, 0.2) is 52.2 Å². The molecule has 0 bridgehead atoms. The molecular weight excluding hydrogens is 465 g/mol. The molecule has 1 saturated heterocycles. The van der Waals surface area contributed by atoms with Gasteiger partial charge < -0.3 is 20.3 Å². The third-order valence-electron chi connectivity index (χ3n) is 5.55. The molecule has 1 fully saturated rings. The number of aromatic nitrogens is 1. The van der Waals surface area contributed by atoms with Gasteiger partial charge in [0.05, 0.1) is 24.0 Å². The molecule has 8 nitrogen and oxygen atoms in total. The van der Waals surface area contributed by atoms with Crippen molar-refractivity contribution in [3.63, 3.8) is 0 Å². The van der Waals surface area contributed by atoms with E-state index in [9.17, 15) is 12.8 Å². The van der Waals surface area contributed by atoms with Crippen LogP contribution in [0.5, 0.6) is 5.75 Å². The summed E-state index contributed by atoms with van der Waals surface area (Å²) in [4.78, 5) is 5.71. The van der Waals surface area contributed by atoms with Crippen molar-refractivity contribution in [3.05, 3.63) is 53.1 Å². The van der Waals surface area contributed by atoms with Gasteiger partial charge in [0.15, 0.2) is 5.82 Å². The van der Waals surface area contributed by atoms with Gasteiger partial charge in [-0.2, -0.15) is 0 Å². The van der Waals surface area contributed by atoms with Crippen LogP contribution in [0.1, 0.15) is 12.8 Å². The number of anilines is 4. The number of likely N-dealkylation sites (N-methyl/N-ethyl adjacent to an activating group) is 1. The molecular formula is C22H26FN5O3S2. The molecule has 3 N–H and O–H groups in total. The molecule has 1 aliphatic heterocycles. The van der Waals surface area contributed by atoms with Crippen molar-refractivity contribution in [1.29, 1.82) is 0 Å². The Morgan fingerprint density at radius 2 is 2.09 bits per heavy atom. The summed E-state index contributed by atoms with van der Waals surface area (Å²) < 4.78 is 47.6. The fraction of sp³-hybridized carbons (Fsp3) is 0.318. The summed E-state index contributed by atoms with van der Waals surface area (Å²) in [5, 5.41) is 8.11. The number of halogens is 1. The second-order valence-corrected chi connectivity index (χ2v) is 10.1. The number of sulfonamides is 1. The molecule has 1 aromatic heterocycles. The highest BCUT2D eigenvalue weighted by Crippen LogP contribution is 2.35. The van der Waals surface area contributed by atoms with Gasteiger partial charge in [0.2, 0.25) is 0 Å². The second-order valence-electron chi connectivity index (χ2n) is 7.71. The lowest BCUT2D eigenvalue weighted by Crippen LogP contribution is -2.44. The smallest absolute Gasteiger partial charge is 0.265 e. The van der Waals surface area contributed by atoms with E-state index < -0.39 is 20.7 Å². The fourth-order valence-electron chi connectivity index (χ4n) is 3.84. The minimum Gasteiger partial charge on any atom is -0.497 e. The monoisotopic (exact) mass is 491 g/mol. The van der Waals surface area contributed by atoms with E-state index in [4.69, 9.17) is 4.74 Å². The van der Waals surface area contributed by atoms with E-state index in [1.807, 2.05) is 25.2 Å². The molecule has 1 atom stereocenters. The Labute approximate surface area is 196 Å². The lowest BCUT2D eigenvalue weighted by Gasteiger charge is -2.35. The van der Waals surface area contributed by atoms with E-state index in [1.165, 1.54) is 34.4 Å². The summed E-state index contributed by atoms with van der Waals surface area (Å²) >= 11 is 1.24. The van der Waals surface area contributed by atoms with Crippen LogP contribution >= 0.6 is 11.3 Å². The Hall–Kier alpha value is -2.89. The van der Waals surface area contributed by atoms with Gasteiger partial charge in [-0.15, -0.1) is 11.3 Å². The number of methoxy groups -OCH3 is 1. The van der Waals surface area contributed by atoms with Crippen LogP contribution in [0.25, 0.3) is 0 Å². The predicted molar refractivity (Wildman–Crippen MR) is 130 cm³/mol. The van der Waals surface area contributed by atoms with E-state index in [2.05, 4.69) is 25.2 Å². The Kier molecular flexibility index (Phi) is 7.01. The Balaban J connectivity index is 1.59. The number of hydrogen-bond acceptors (Lipinski definition) is 8. The first-order valence-corrected chi connectivity index (χ1v) is 12.9. The maximum Gasteiger partial charge on any atom is 0.265 e. The van der Waals surface area contributed by atoms with Crippen LogP contribution in [0.3, 0.4) is 0 Å². The van der Waals surface area contributed by atoms with E-state index >= 15 is 0 Å². The minimum atomic E-state index is -4.09. The quantitative estimate of drug-likeness (QED) is 0.438. The van der Waals surface area contributed by atoms with Gasteiger partial charge in [-0.3, -0.25) is 4.72 Å². The summed E-state index contributed by atoms with van der Waals surface area (Å²) in [6.45, 7) is 1.74. The molecule has 0 spiro atoms. The highest BCUT2D eigenvalue weighted by molar-refractivity contribution is 7.92. The van der Waals surface area contributed by atoms with Gasteiger partial charge >= 0.3 is 0 Å². The summed E-state index contributed by atoms with van der Waals surface area (Å²) in [5.41, 5.74) is 3.66. The summed E-state index contributed by atoms with van der Waals surface area (Å²) in [5.74, 6) is 0.0276. The van der Waals surface area contributed by atoms with Gasteiger partial charge in [0, 0.05) is 36.3 Å². The largest absolute Gasteiger partial charge is 0.497 e. The lowest BCUT2D eigenvalue weighted by molar-refractivity contribution is 0.413. The van der Waals surface area contributed by atoms with Crippen LogP contribution in [0.2, 0.25) is 0 Å². The molecule has 0 amide bonds. The Morgan fingerprint density at radius 3 is 2.79 bits per heavy atom. The lowest BCUT2D eigenvalue weighted by atomic mass is 10.0. The normalized spacial score (nSPS) is 16.5. The van der Waals surface area contributed by atoms with Crippen LogP contribution in [0.4, 0.5) is 27.3 Å². The third-order valence-corrected chi connectivity index (χ3v) is 7.52. The number of nitrogens with zero attached hydrogens (tertiary/aromatic N) is 2. The number of ether oxygens (including phenoxy) is 1. The van der Waals surface area contributed by atoms with Crippen LogP contribution in [0, 0.1) is 5.82 Å². The van der Waals surface area contributed by atoms with Gasteiger partial charge in [-0.05, 0) is 50.2 Å². The fourth-order valence-corrected chi connectivity index (χ4v) is 5.46. The first-order chi connectivity index (χ1) is 15.9. The topological polar surface area (TPSA) is 95.6 Å². The van der Waals surface area contributed by atoms with Crippen LogP contribution in [-0.4, -0.2) is 46.7 Å². The summed E-state index contributed by atoms with van der Waals surface area (Å²) in [6, 6.07) is 10.0. The van der Waals surface area contributed by atoms with Gasteiger partial charge in [0.25, 0.3) is 10.0 Å². The van der Waals surface area contributed by atoms with Crippen molar-refractivity contribution < 1.29 is 17.5 Å². The maximum absolute atomic E-state index is 14.8. The van der Waals surface area contributed by atoms with Gasteiger partial charge in [-0.25, -0.2) is 17.8 Å². The SMILES string of the molecule is CNC1CCCN(c2cc(OC)ccc2Nc2ccc(S(=O)(=O)Nc3cscn3)c(F)c2)C1. The maximum atomic E-state index is 14.8. The van der Waals surface area contributed by atoms with Crippen molar-refractivity contribution in [2.75, 3.05) is 42.2 Å². The molecule has 0 radical (unpaired) electrons. The molecule has 11 heteroatoms. The highest BCUT2D eigenvalue weighted by Gasteiger charge is 2.23. The van der Waals surface area contributed by atoms with Gasteiger partial charge in [0.1, 0.15) is 16.5 Å². The predicted octanol–water partition coefficient (Wildman–Crippen LogP) is 4.02. The van der Waals surface area contributed by atoms with Crippen molar-refractivity contribution >= 4 is 44.2 Å². The highest BCUT2D eigenvalue weighted by atomic mass is 32.2. The van der Waals surface area contributed by atoms with Gasteiger partial charge in [-0.1, -0.05) is 0 Å². The minimum absolute atomic E-state index is 0.158. The molecule has 4 rings (SSSR count). The zero-order valence-corrected chi connectivity index (χ0v) is 20.0. The Morgan fingerprint density at radius 1 is 1.24 bits per heavy atom. The standard InChI is InChI=1S/C22H26FN5O3S2/c1-24-16-4-3-9-28(12-16)20-11-17(31-2)6-7-19(20)26-15-5-8-21(18(23)10-15)33(29,30)27-22-13-32-14-25-22/h5-8,10-11,13-14,16,24,26-27H,3-4,9,12H2,1-2H3. The third kappa shape index (κ3) is 5.37. The molecule has 33 heavy (non-hydrogen) atoms. The average molecular weight is 492 g/mol. The van der Waals surface area contributed by atoms with E-state index in [0.29, 0.717) is 11.7 Å². The molecule has 2 aromatic carbocycles. The number of thiazole rings is 1. The summed E-state index contributed by atoms with van der Waals surface area (Å²) in [6.07, 6.45) is 2.16. The van der Waals surface area contributed by atoms with Crippen LogP contribution in [-0.2, 0) is 10.0 Å². The molecule has 2 heterocycles.